The van der Waals surface area contributed by atoms with Gasteiger partial charge >= 0.3 is 5.97 Å². The molecule has 0 spiro atoms. The van der Waals surface area contributed by atoms with E-state index >= 15 is 0 Å². The minimum atomic E-state index is -0.652. The molecule has 3 unspecified atom stereocenters. The molecule has 5 aliphatic rings. The smallest absolute Gasteiger partial charge is 0.303 e. The summed E-state index contributed by atoms with van der Waals surface area (Å²) in [5.41, 5.74) is 3.80. The average molecular weight is 569 g/mol. The van der Waals surface area contributed by atoms with Gasteiger partial charge in [-0.2, -0.15) is 0 Å². The number of carboxylic acids is 1. The van der Waals surface area contributed by atoms with Crippen molar-refractivity contribution in [2.75, 3.05) is 0 Å². The molecule has 0 radical (unpaired) electrons. The molecule has 8 atom stereocenters. The van der Waals surface area contributed by atoms with Gasteiger partial charge in [0.15, 0.2) is 0 Å². The molecule has 0 aliphatic heterocycles. The second-order valence-corrected chi connectivity index (χ2v) is 18.0. The quantitative estimate of drug-likeness (QED) is 0.215. The van der Waals surface area contributed by atoms with Crippen molar-refractivity contribution in [1.29, 1.82) is 0 Å². The van der Waals surface area contributed by atoms with Gasteiger partial charge in [-0.3, -0.25) is 4.79 Å². The first-order valence-corrected chi connectivity index (χ1v) is 17.7. The first-order valence-electron chi connectivity index (χ1n) is 17.7. The van der Waals surface area contributed by atoms with Crippen LogP contribution < -0.4 is 0 Å². The maximum Gasteiger partial charge on any atom is 0.303 e. The van der Waals surface area contributed by atoms with Gasteiger partial charge in [-0.05, 0) is 127 Å². The standard InChI is InChI=1S/C38H64O3/c1-33(2)22-24-38(19-13-11-9-8-10-12-14-32(40)41)25-23-36(6)27(28(38)26-33)15-16-30-35(5)20-18-31(39)34(3,4)29(35)17-21-37(30,36)7/h15,28-31,39H,8-14,16-26H2,1-7H3,(H,40,41)/t28?,29?,30?,31-,35-,36+,37+,38+/m0/s1. The summed E-state index contributed by atoms with van der Waals surface area (Å²) in [7, 11) is 0. The van der Waals surface area contributed by atoms with E-state index in [0.717, 1.165) is 31.1 Å². The third kappa shape index (κ3) is 5.18. The molecule has 0 aromatic heterocycles. The fourth-order valence-corrected chi connectivity index (χ4v) is 12.2. The van der Waals surface area contributed by atoms with Crippen LogP contribution in [0.2, 0.25) is 0 Å². The van der Waals surface area contributed by atoms with Gasteiger partial charge in [0.2, 0.25) is 0 Å². The van der Waals surface area contributed by atoms with Crippen LogP contribution in [-0.4, -0.2) is 22.3 Å². The van der Waals surface area contributed by atoms with E-state index in [-0.39, 0.29) is 11.5 Å². The van der Waals surface area contributed by atoms with E-state index < -0.39 is 5.97 Å². The van der Waals surface area contributed by atoms with Crippen molar-refractivity contribution >= 4 is 5.97 Å². The Bertz CT molecular complexity index is 1010. The fraction of sp³-hybridized carbons (Fsp3) is 0.921. The van der Waals surface area contributed by atoms with Gasteiger partial charge < -0.3 is 10.2 Å². The lowest BCUT2D eigenvalue weighted by molar-refractivity contribution is -0.203. The van der Waals surface area contributed by atoms with Crippen LogP contribution in [0.5, 0.6) is 0 Å². The summed E-state index contributed by atoms with van der Waals surface area (Å²) in [5.74, 6) is 1.43. The lowest BCUT2D eigenvalue weighted by Gasteiger charge is -2.71. The Hall–Kier alpha value is -0.830. The van der Waals surface area contributed by atoms with Crippen molar-refractivity contribution in [3.05, 3.63) is 11.6 Å². The first kappa shape index (κ1) is 31.6. The van der Waals surface area contributed by atoms with Crippen molar-refractivity contribution in [3.8, 4) is 0 Å². The second kappa shape index (κ2) is 11.0. The Morgan fingerprint density at radius 3 is 2.17 bits per heavy atom. The Kier molecular flexibility index (Phi) is 8.44. The van der Waals surface area contributed by atoms with Gasteiger partial charge in [0, 0.05) is 6.42 Å². The van der Waals surface area contributed by atoms with Crippen LogP contribution in [-0.2, 0) is 4.79 Å². The molecule has 0 amide bonds. The van der Waals surface area contributed by atoms with E-state index in [1.165, 1.54) is 89.9 Å². The summed E-state index contributed by atoms with van der Waals surface area (Å²) >= 11 is 0. The maximum atomic E-state index is 11.0. The molecular formula is C38H64O3. The molecule has 5 aliphatic carbocycles. The van der Waals surface area contributed by atoms with Crippen LogP contribution in [0.4, 0.5) is 0 Å². The zero-order valence-electron chi connectivity index (χ0n) is 27.9. The van der Waals surface area contributed by atoms with Crippen LogP contribution in [0.25, 0.3) is 0 Å². The Labute approximate surface area is 252 Å². The number of fused-ring (bicyclic) bond motifs is 7. The third-order valence-corrected chi connectivity index (χ3v) is 15.1. The molecule has 41 heavy (non-hydrogen) atoms. The van der Waals surface area contributed by atoms with Crippen molar-refractivity contribution < 1.29 is 15.0 Å². The molecule has 0 aromatic rings. The summed E-state index contributed by atoms with van der Waals surface area (Å²) in [6, 6.07) is 0. The number of hydrogen-bond donors (Lipinski definition) is 2. The normalized spacial score (nSPS) is 44.5. The van der Waals surface area contributed by atoms with Crippen molar-refractivity contribution in [2.45, 2.75) is 170 Å². The highest BCUT2D eigenvalue weighted by atomic mass is 16.4. The van der Waals surface area contributed by atoms with Gasteiger partial charge in [0.05, 0.1) is 6.10 Å². The highest BCUT2D eigenvalue weighted by Gasteiger charge is 2.68. The van der Waals surface area contributed by atoms with E-state index in [1.54, 1.807) is 0 Å². The van der Waals surface area contributed by atoms with Gasteiger partial charge in [-0.15, -0.1) is 0 Å². The lowest BCUT2D eigenvalue weighted by Crippen LogP contribution is -2.64. The van der Waals surface area contributed by atoms with Gasteiger partial charge in [0.1, 0.15) is 0 Å². The molecule has 234 valence electrons. The number of allylic oxidation sites excluding steroid dienone is 2. The summed E-state index contributed by atoms with van der Waals surface area (Å²) in [5, 5.41) is 19.9. The molecule has 0 heterocycles. The van der Waals surface area contributed by atoms with Crippen LogP contribution in [0, 0.1) is 50.2 Å². The number of hydrogen-bond acceptors (Lipinski definition) is 2. The molecule has 4 saturated carbocycles. The minimum Gasteiger partial charge on any atom is -0.481 e. The molecule has 3 heteroatoms. The minimum absolute atomic E-state index is 0.0184. The zero-order chi connectivity index (χ0) is 29.9. The van der Waals surface area contributed by atoms with Crippen molar-refractivity contribution in [2.24, 2.45) is 50.2 Å². The molecule has 2 N–H and O–H groups in total. The number of rotatable bonds is 9. The van der Waals surface area contributed by atoms with E-state index in [4.69, 9.17) is 5.11 Å². The lowest BCUT2D eigenvalue weighted by atomic mass is 9.33. The van der Waals surface area contributed by atoms with Crippen LogP contribution in [0.15, 0.2) is 11.6 Å². The molecular weight excluding hydrogens is 504 g/mol. The van der Waals surface area contributed by atoms with Crippen molar-refractivity contribution in [1.82, 2.24) is 0 Å². The molecule has 0 saturated heterocycles. The van der Waals surface area contributed by atoms with Gasteiger partial charge in [-0.25, -0.2) is 0 Å². The number of carbonyl (C=O) groups is 1. The van der Waals surface area contributed by atoms with Crippen LogP contribution >= 0.6 is 0 Å². The summed E-state index contributed by atoms with van der Waals surface area (Å²) < 4.78 is 0. The number of unbranched alkanes of at least 4 members (excludes halogenated alkanes) is 5. The molecule has 5 rings (SSSR count). The predicted octanol–water partition coefficient (Wildman–Crippen LogP) is 10.4. The highest BCUT2D eigenvalue weighted by molar-refractivity contribution is 5.66. The molecule has 0 bridgehead atoms. The van der Waals surface area contributed by atoms with E-state index in [9.17, 15) is 9.90 Å². The van der Waals surface area contributed by atoms with Crippen molar-refractivity contribution in [3.63, 3.8) is 0 Å². The maximum absolute atomic E-state index is 11.0. The molecule has 0 aromatic carbocycles. The van der Waals surface area contributed by atoms with E-state index in [2.05, 4.69) is 54.5 Å². The first-order chi connectivity index (χ1) is 19.1. The Morgan fingerprint density at radius 1 is 0.805 bits per heavy atom. The number of aliphatic hydroxyl groups is 1. The number of aliphatic carboxylic acids is 1. The van der Waals surface area contributed by atoms with Gasteiger partial charge in [-0.1, -0.05) is 92.2 Å². The highest BCUT2D eigenvalue weighted by Crippen LogP contribution is 2.76. The molecule has 3 nitrogen and oxygen atoms in total. The fourth-order valence-electron chi connectivity index (χ4n) is 12.2. The van der Waals surface area contributed by atoms with Crippen LogP contribution in [0.1, 0.15) is 164 Å². The zero-order valence-corrected chi connectivity index (χ0v) is 27.9. The monoisotopic (exact) mass is 568 g/mol. The van der Waals surface area contributed by atoms with E-state index in [0.29, 0.717) is 39.4 Å². The van der Waals surface area contributed by atoms with Crippen LogP contribution in [0.3, 0.4) is 0 Å². The summed E-state index contributed by atoms with van der Waals surface area (Å²) in [6.07, 6.45) is 24.3. The third-order valence-electron chi connectivity index (χ3n) is 15.1. The topological polar surface area (TPSA) is 57.5 Å². The number of carboxylic acid groups (broad SMARTS) is 1. The average Bonchev–Trinajstić information content (AvgIpc) is 2.88. The summed E-state index contributed by atoms with van der Waals surface area (Å²) in [4.78, 5) is 10.8. The van der Waals surface area contributed by atoms with Gasteiger partial charge in [0.25, 0.3) is 0 Å². The Balaban J connectivity index is 1.36. The molecule has 4 fully saturated rings. The number of aliphatic hydroxyl groups excluding tert-OH is 1. The Morgan fingerprint density at radius 2 is 1.46 bits per heavy atom. The largest absolute Gasteiger partial charge is 0.481 e. The second-order valence-electron chi connectivity index (χ2n) is 18.0. The van der Waals surface area contributed by atoms with E-state index in [1.807, 2.05) is 5.57 Å². The summed E-state index contributed by atoms with van der Waals surface area (Å²) in [6.45, 7) is 17.9. The SMILES string of the molecule is CC1(C)CC[C@]2(CCCCCCCCC(=O)O)CC[C@]3(C)C(=CCC4[C@@]5(C)CC[C@H](O)C(C)(C)C5CC[C@]43C)C2C1. The predicted molar refractivity (Wildman–Crippen MR) is 170 cm³/mol.